The number of hydrogen-bond acceptors (Lipinski definition) is 3. The zero-order valence-corrected chi connectivity index (χ0v) is 31.0. The topological polar surface area (TPSA) is 25.8 Å². The van der Waals surface area contributed by atoms with E-state index in [-0.39, 0.29) is 0 Å². The lowest BCUT2D eigenvalue weighted by molar-refractivity contribution is 0.839. The maximum atomic E-state index is 5.20. The normalized spacial score (nSPS) is 16.5. The average Bonchev–Trinajstić information content (AvgIpc) is 3.66. The van der Waals surface area contributed by atoms with Crippen LogP contribution in [0.15, 0.2) is 176 Å². The van der Waals surface area contributed by atoms with Crippen molar-refractivity contribution in [2.75, 3.05) is 0 Å². The summed E-state index contributed by atoms with van der Waals surface area (Å²) < 4.78 is 1.38. The van der Waals surface area contributed by atoms with E-state index in [1.807, 2.05) is 17.5 Å². The van der Waals surface area contributed by atoms with E-state index in [0.29, 0.717) is 11.8 Å². The maximum absolute atomic E-state index is 5.20. The van der Waals surface area contributed by atoms with E-state index in [4.69, 9.17) is 9.97 Å². The number of nitrogens with zero attached hydrogens (tertiary/aromatic N) is 2. The summed E-state index contributed by atoms with van der Waals surface area (Å²) in [5.74, 6) is 0.742. The van der Waals surface area contributed by atoms with Gasteiger partial charge in [-0.25, -0.2) is 4.98 Å². The lowest BCUT2D eigenvalue weighted by Crippen LogP contribution is -2.04. The van der Waals surface area contributed by atoms with Gasteiger partial charge < -0.3 is 0 Å². The highest BCUT2D eigenvalue weighted by atomic mass is 32.1. The lowest BCUT2D eigenvalue weighted by atomic mass is 9.84. The molecular formula is C52H36N2S. The Morgan fingerprint density at radius 2 is 1.20 bits per heavy atom. The summed E-state index contributed by atoms with van der Waals surface area (Å²) >= 11 is 1.96. The third-order valence-electron chi connectivity index (χ3n) is 11.6. The van der Waals surface area contributed by atoms with Crippen LogP contribution >= 0.6 is 11.3 Å². The van der Waals surface area contributed by atoms with Crippen LogP contribution in [0.5, 0.6) is 0 Å². The van der Waals surface area contributed by atoms with Crippen molar-refractivity contribution in [3.8, 4) is 22.4 Å². The molecule has 0 bridgehead atoms. The lowest BCUT2D eigenvalue weighted by Gasteiger charge is -2.21. The Morgan fingerprint density at radius 3 is 1.98 bits per heavy atom. The van der Waals surface area contributed by atoms with Gasteiger partial charge in [-0.05, 0) is 74.0 Å². The van der Waals surface area contributed by atoms with Crippen molar-refractivity contribution >= 4 is 65.7 Å². The van der Waals surface area contributed by atoms with Crippen molar-refractivity contribution in [2.45, 2.75) is 24.7 Å². The minimum atomic E-state index is 0.342. The molecule has 0 radical (unpaired) electrons. The highest BCUT2D eigenvalue weighted by molar-refractivity contribution is 7.19. The van der Waals surface area contributed by atoms with Crippen LogP contribution in [0.1, 0.15) is 51.8 Å². The SMILES string of the molecule is C1=Cc2c(sc3ccccc23)C(c2cccc(C3=CCC(c4cccc(-c5ccc(-c6cnc7c8ccccc8c8ccccc8c7n6)cc5)c4)C=C3)c2)C1. The number of benzene rings is 7. The molecule has 0 spiro atoms. The van der Waals surface area contributed by atoms with Crippen molar-refractivity contribution in [1.82, 2.24) is 9.97 Å². The fourth-order valence-corrected chi connectivity index (χ4v) is 10.1. The van der Waals surface area contributed by atoms with Crippen molar-refractivity contribution in [3.05, 3.63) is 203 Å². The Labute approximate surface area is 324 Å². The fourth-order valence-electron chi connectivity index (χ4n) is 8.79. The second-order valence-electron chi connectivity index (χ2n) is 14.8. The molecule has 0 saturated carbocycles. The Morgan fingerprint density at radius 1 is 0.527 bits per heavy atom. The molecule has 0 saturated heterocycles. The molecule has 2 atom stereocenters. The van der Waals surface area contributed by atoms with Crippen LogP contribution in [-0.4, -0.2) is 9.97 Å². The first-order valence-electron chi connectivity index (χ1n) is 19.2. The second-order valence-corrected chi connectivity index (χ2v) is 15.9. The van der Waals surface area contributed by atoms with Crippen LogP contribution in [0.4, 0.5) is 0 Å². The van der Waals surface area contributed by atoms with E-state index in [2.05, 4.69) is 176 Å². The van der Waals surface area contributed by atoms with E-state index in [9.17, 15) is 0 Å². The zero-order chi connectivity index (χ0) is 36.3. The molecule has 0 amide bonds. The minimum Gasteiger partial charge on any atom is -0.252 e. The number of aromatic nitrogens is 2. The van der Waals surface area contributed by atoms with Gasteiger partial charge in [-0.3, -0.25) is 4.98 Å². The molecule has 55 heavy (non-hydrogen) atoms. The van der Waals surface area contributed by atoms with E-state index in [1.165, 1.54) is 64.7 Å². The molecular weight excluding hydrogens is 685 g/mol. The number of fused-ring (bicyclic) bond motifs is 9. The smallest absolute Gasteiger partial charge is 0.0979 e. The van der Waals surface area contributed by atoms with Gasteiger partial charge >= 0.3 is 0 Å². The quantitative estimate of drug-likeness (QED) is 0.165. The molecule has 3 heteroatoms. The Bertz CT molecular complexity index is 3020. The van der Waals surface area contributed by atoms with Gasteiger partial charge in [-0.1, -0.05) is 170 Å². The minimum absolute atomic E-state index is 0.342. The van der Waals surface area contributed by atoms with E-state index in [0.717, 1.165) is 45.9 Å². The molecule has 7 aromatic carbocycles. The molecule has 2 aliphatic carbocycles. The molecule has 0 fully saturated rings. The summed E-state index contributed by atoms with van der Waals surface area (Å²) in [6.45, 7) is 0. The number of hydrogen-bond donors (Lipinski definition) is 0. The molecule has 2 aliphatic rings. The standard InChI is InChI=1S/C52H36N2S/c1-3-17-45-42(14-1)43-15-2-4-18-46(43)51-50(45)53-32-48(54-51)36-28-26-35(27-29-36)38-11-7-10-37(30-38)33-22-24-34(25-23-33)39-12-8-13-40(31-39)41-19-9-20-47-44-16-5-6-21-49(44)55-52(41)47/h1-18,20-22,24-33,41H,19,23H2. The third kappa shape index (κ3) is 5.54. The molecule has 2 aromatic heterocycles. The van der Waals surface area contributed by atoms with Crippen LogP contribution in [0.25, 0.3) is 76.7 Å². The molecule has 2 heterocycles. The van der Waals surface area contributed by atoms with Gasteiger partial charge in [0.1, 0.15) is 0 Å². The molecule has 9 aromatic rings. The first kappa shape index (κ1) is 32.0. The van der Waals surface area contributed by atoms with Crippen LogP contribution < -0.4 is 0 Å². The molecule has 2 nitrogen and oxygen atoms in total. The second kappa shape index (κ2) is 13.2. The van der Waals surface area contributed by atoms with E-state index >= 15 is 0 Å². The summed E-state index contributed by atoms with van der Waals surface area (Å²) in [5, 5.41) is 6.07. The summed E-state index contributed by atoms with van der Waals surface area (Å²) in [4.78, 5) is 11.7. The van der Waals surface area contributed by atoms with Gasteiger partial charge in [0.15, 0.2) is 0 Å². The van der Waals surface area contributed by atoms with E-state index in [1.54, 1.807) is 0 Å². The van der Waals surface area contributed by atoms with Crippen molar-refractivity contribution in [2.24, 2.45) is 0 Å². The van der Waals surface area contributed by atoms with Crippen molar-refractivity contribution in [3.63, 3.8) is 0 Å². The highest BCUT2D eigenvalue weighted by Gasteiger charge is 2.24. The van der Waals surface area contributed by atoms with Gasteiger partial charge in [0.2, 0.25) is 0 Å². The first-order valence-corrected chi connectivity index (χ1v) is 20.0. The zero-order valence-electron chi connectivity index (χ0n) is 30.2. The van der Waals surface area contributed by atoms with Crippen LogP contribution in [-0.2, 0) is 0 Å². The summed E-state index contributed by atoms with van der Waals surface area (Å²) in [6.07, 6.45) is 15.8. The largest absolute Gasteiger partial charge is 0.252 e. The van der Waals surface area contributed by atoms with Crippen LogP contribution in [0.2, 0.25) is 0 Å². The Kier molecular flexibility index (Phi) is 7.67. The summed E-state index contributed by atoms with van der Waals surface area (Å²) in [6, 6.07) is 52.9. The molecule has 260 valence electrons. The van der Waals surface area contributed by atoms with Gasteiger partial charge in [-0.15, -0.1) is 11.3 Å². The molecule has 0 N–H and O–H groups in total. The molecule has 2 unspecified atom stereocenters. The van der Waals surface area contributed by atoms with Crippen LogP contribution in [0, 0.1) is 0 Å². The summed E-state index contributed by atoms with van der Waals surface area (Å²) in [7, 11) is 0. The average molecular weight is 721 g/mol. The van der Waals surface area contributed by atoms with Gasteiger partial charge in [0, 0.05) is 37.7 Å². The Balaban J connectivity index is 0.832. The predicted octanol–water partition coefficient (Wildman–Crippen LogP) is 14.2. The molecule has 0 aliphatic heterocycles. The molecule has 11 rings (SSSR count). The van der Waals surface area contributed by atoms with Gasteiger partial charge in [0.25, 0.3) is 0 Å². The number of allylic oxidation sites excluding steroid dienone is 5. The highest BCUT2D eigenvalue weighted by Crippen LogP contribution is 2.45. The van der Waals surface area contributed by atoms with Gasteiger partial charge in [0.05, 0.1) is 22.9 Å². The van der Waals surface area contributed by atoms with Crippen molar-refractivity contribution < 1.29 is 0 Å². The third-order valence-corrected chi connectivity index (χ3v) is 12.9. The maximum Gasteiger partial charge on any atom is 0.0979 e. The van der Waals surface area contributed by atoms with Gasteiger partial charge in [-0.2, -0.15) is 0 Å². The monoisotopic (exact) mass is 720 g/mol. The number of thiophene rings is 1. The van der Waals surface area contributed by atoms with E-state index < -0.39 is 0 Å². The first-order chi connectivity index (χ1) is 27.2. The summed E-state index contributed by atoms with van der Waals surface area (Å²) in [5.41, 5.74) is 13.0. The Hall–Kier alpha value is -6.42. The fraction of sp³-hybridized carbons (Fsp3) is 0.0769. The van der Waals surface area contributed by atoms with Crippen LogP contribution in [0.3, 0.4) is 0 Å². The van der Waals surface area contributed by atoms with Crippen molar-refractivity contribution in [1.29, 1.82) is 0 Å². The number of rotatable bonds is 5. The predicted molar refractivity (Wildman–Crippen MR) is 234 cm³/mol.